The van der Waals surface area contributed by atoms with E-state index in [0.717, 1.165) is 18.9 Å². The number of phenolic OH excluding ortho intramolecular Hbond substituents is 1. The molecule has 1 aliphatic heterocycles. The molecule has 1 aromatic carbocycles. The maximum absolute atomic E-state index is 9.17. The minimum absolute atomic E-state index is 0.214. The van der Waals surface area contributed by atoms with E-state index < -0.39 is 0 Å². The van der Waals surface area contributed by atoms with E-state index in [9.17, 15) is 0 Å². The third-order valence-corrected chi connectivity index (χ3v) is 2.87. The normalized spacial score (nSPS) is 15.1. The lowest BCUT2D eigenvalue weighted by Crippen LogP contribution is -2.40. The minimum Gasteiger partial charge on any atom is -0.508 e. The molecule has 0 atom stereocenters. The average Bonchev–Trinajstić information content (AvgIpc) is 2.32. The highest BCUT2D eigenvalue weighted by Crippen LogP contribution is 2.23. The second-order valence-corrected chi connectivity index (χ2v) is 4.23. The molecule has 1 aliphatic rings. The maximum Gasteiger partial charge on any atom is 0.164 e. The summed E-state index contributed by atoms with van der Waals surface area (Å²) >= 11 is 0. The summed E-state index contributed by atoms with van der Waals surface area (Å²) in [6.45, 7) is 1.89. The molecule has 0 radical (unpaired) electrons. The van der Waals surface area contributed by atoms with E-state index in [2.05, 4.69) is 15.3 Å². The fraction of sp³-hybridized carbons (Fsp3) is 0.231. The fourth-order valence-corrected chi connectivity index (χ4v) is 1.71. The van der Waals surface area contributed by atoms with Gasteiger partial charge in [-0.1, -0.05) is 0 Å². The van der Waals surface area contributed by atoms with Crippen LogP contribution in [0.5, 0.6) is 17.2 Å². The summed E-state index contributed by atoms with van der Waals surface area (Å²) in [7, 11) is 0. The van der Waals surface area contributed by atoms with Gasteiger partial charge in [-0.3, -0.25) is 0 Å². The fourth-order valence-electron chi connectivity index (χ4n) is 1.71. The summed E-state index contributed by atoms with van der Waals surface area (Å²) < 4.78 is 5.57. The first kappa shape index (κ1) is 11.0. The zero-order valence-corrected chi connectivity index (χ0v) is 9.71. The summed E-state index contributed by atoms with van der Waals surface area (Å²) in [4.78, 5) is 8.58. The molecule has 1 saturated heterocycles. The third kappa shape index (κ3) is 2.26. The quantitative estimate of drug-likeness (QED) is 0.858. The van der Waals surface area contributed by atoms with E-state index >= 15 is 0 Å². The van der Waals surface area contributed by atoms with Gasteiger partial charge in [0.25, 0.3) is 0 Å². The van der Waals surface area contributed by atoms with Crippen LogP contribution in [0, 0.1) is 0 Å². The molecule has 5 heteroatoms. The van der Waals surface area contributed by atoms with Gasteiger partial charge < -0.3 is 15.2 Å². The largest absolute Gasteiger partial charge is 0.508 e. The van der Waals surface area contributed by atoms with Crippen molar-refractivity contribution < 1.29 is 9.84 Å². The van der Waals surface area contributed by atoms with Crippen LogP contribution in [0.1, 0.15) is 11.7 Å². The highest BCUT2D eigenvalue weighted by molar-refractivity contribution is 5.33. The lowest BCUT2D eigenvalue weighted by Gasteiger charge is -2.25. The molecule has 0 spiro atoms. The molecule has 0 bridgehead atoms. The number of hydrogen-bond acceptors (Lipinski definition) is 5. The lowest BCUT2D eigenvalue weighted by atomic mass is 10.0. The molecule has 3 rings (SSSR count). The van der Waals surface area contributed by atoms with Crippen LogP contribution in [0.3, 0.4) is 0 Å². The number of ether oxygens (including phenoxy) is 1. The summed E-state index contributed by atoms with van der Waals surface area (Å²) in [5, 5.41) is 12.4. The summed E-state index contributed by atoms with van der Waals surface area (Å²) in [5.41, 5.74) is 0. The van der Waals surface area contributed by atoms with Crippen LogP contribution < -0.4 is 10.1 Å². The van der Waals surface area contributed by atoms with Crippen LogP contribution in [0.25, 0.3) is 0 Å². The first-order valence-electron chi connectivity index (χ1n) is 5.81. The van der Waals surface area contributed by atoms with E-state index in [-0.39, 0.29) is 5.75 Å². The summed E-state index contributed by atoms with van der Waals surface area (Å²) in [6, 6.07) is 6.54. The number of nitrogens with zero attached hydrogens (tertiary/aromatic N) is 2. The average molecular weight is 243 g/mol. The van der Waals surface area contributed by atoms with Gasteiger partial charge >= 0.3 is 0 Å². The van der Waals surface area contributed by atoms with Crippen LogP contribution >= 0.6 is 0 Å². The molecule has 5 nitrogen and oxygen atoms in total. The van der Waals surface area contributed by atoms with Gasteiger partial charge in [0.2, 0.25) is 0 Å². The zero-order valence-electron chi connectivity index (χ0n) is 9.71. The molecule has 0 aliphatic carbocycles. The predicted molar refractivity (Wildman–Crippen MR) is 65.8 cm³/mol. The van der Waals surface area contributed by atoms with E-state index in [1.54, 1.807) is 36.7 Å². The molecule has 0 amide bonds. The Hall–Kier alpha value is -2.14. The van der Waals surface area contributed by atoms with Gasteiger partial charge in [-0.15, -0.1) is 0 Å². The molecule has 18 heavy (non-hydrogen) atoms. The van der Waals surface area contributed by atoms with E-state index in [0.29, 0.717) is 17.4 Å². The number of nitrogens with one attached hydrogen (secondary N) is 1. The highest BCUT2D eigenvalue weighted by atomic mass is 16.5. The maximum atomic E-state index is 9.17. The zero-order chi connectivity index (χ0) is 12.4. The Morgan fingerprint density at radius 2 is 1.72 bits per heavy atom. The molecule has 2 aromatic rings. The number of aromatic nitrogens is 2. The number of hydrogen-bond donors (Lipinski definition) is 2. The molecular formula is C13H13N3O2. The van der Waals surface area contributed by atoms with E-state index in [1.165, 1.54) is 0 Å². The Kier molecular flexibility index (Phi) is 2.82. The Morgan fingerprint density at radius 1 is 1.06 bits per heavy atom. The molecule has 0 unspecified atom stereocenters. The molecule has 1 fully saturated rings. The van der Waals surface area contributed by atoms with Crippen molar-refractivity contribution in [1.82, 2.24) is 15.3 Å². The molecule has 0 saturated carbocycles. The van der Waals surface area contributed by atoms with Crippen LogP contribution in [0.15, 0.2) is 36.7 Å². The van der Waals surface area contributed by atoms with Gasteiger partial charge in [0.15, 0.2) is 5.75 Å². The van der Waals surface area contributed by atoms with Crippen molar-refractivity contribution in [3.63, 3.8) is 0 Å². The molecule has 2 N–H and O–H groups in total. The van der Waals surface area contributed by atoms with Crippen molar-refractivity contribution in [1.29, 1.82) is 0 Å². The Bertz CT molecular complexity index is 521. The number of rotatable bonds is 3. The Balaban J connectivity index is 1.70. The molecule has 2 heterocycles. The van der Waals surface area contributed by atoms with Gasteiger partial charge in [0.05, 0.1) is 12.4 Å². The Labute approximate surface area is 104 Å². The van der Waals surface area contributed by atoms with Crippen molar-refractivity contribution in [2.45, 2.75) is 5.92 Å². The van der Waals surface area contributed by atoms with Crippen molar-refractivity contribution in [3.8, 4) is 17.2 Å². The predicted octanol–water partition coefficient (Wildman–Crippen LogP) is 1.66. The number of aromatic hydroxyl groups is 1. The second-order valence-electron chi connectivity index (χ2n) is 4.23. The van der Waals surface area contributed by atoms with Gasteiger partial charge in [-0.05, 0) is 24.3 Å². The van der Waals surface area contributed by atoms with Crippen LogP contribution in [0.2, 0.25) is 0 Å². The number of benzene rings is 1. The SMILES string of the molecule is Oc1ccc(Oc2cnc(C3CNC3)nc2)cc1. The van der Waals surface area contributed by atoms with E-state index in [1.807, 2.05) is 0 Å². The van der Waals surface area contributed by atoms with Crippen LogP contribution in [-0.2, 0) is 0 Å². The van der Waals surface area contributed by atoms with Crippen molar-refractivity contribution in [2.24, 2.45) is 0 Å². The monoisotopic (exact) mass is 243 g/mol. The van der Waals surface area contributed by atoms with Gasteiger partial charge in [0, 0.05) is 19.0 Å². The van der Waals surface area contributed by atoms with Crippen molar-refractivity contribution >= 4 is 0 Å². The highest BCUT2D eigenvalue weighted by Gasteiger charge is 2.21. The van der Waals surface area contributed by atoms with Gasteiger partial charge in [-0.2, -0.15) is 0 Å². The Morgan fingerprint density at radius 3 is 2.28 bits per heavy atom. The molecular weight excluding hydrogens is 230 g/mol. The lowest BCUT2D eigenvalue weighted by molar-refractivity contribution is 0.424. The van der Waals surface area contributed by atoms with Crippen molar-refractivity contribution in [3.05, 3.63) is 42.5 Å². The van der Waals surface area contributed by atoms with Crippen LogP contribution in [-0.4, -0.2) is 28.2 Å². The third-order valence-electron chi connectivity index (χ3n) is 2.87. The van der Waals surface area contributed by atoms with Crippen molar-refractivity contribution in [2.75, 3.05) is 13.1 Å². The van der Waals surface area contributed by atoms with Crippen LogP contribution in [0.4, 0.5) is 0 Å². The van der Waals surface area contributed by atoms with E-state index in [4.69, 9.17) is 9.84 Å². The first-order valence-corrected chi connectivity index (χ1v) is 5.81. The standard InChI is InChI=1S/C13H13N3O2/c17-10-1-3-11(4-2-10)18-12-7-15-13(16-8-12)9-5-14-6-9/h1-4,7-9,14,17H,5-6H2. The van der Waals surface area contributed by atoms with Gasteiger partial charge in [-0.25, -0.2) is 9.97 Å². The smallest absolute Gasteiger partial charge is 0.164 e. The molecule has 1 aromatic heterocycles. The minimum atomic E-state index is 0.214. The number of phenols is 1. The molecule has 92 valence electrons. The van der Waals surface area contributed by atoms with Gasteiger partial charge in [0.1, 0.15) is 17.3 Å². The second kappa shape index (κ2) is 4.62. The topological polar surface area (TPSA) is 67.3 Å². The first-order chi connectivity index (χ1) is 8.81. The summed E-state index contributed by atoms with van der Waals surface area (Å²) in [6.07, 6.45) is 3.35. The summed E-state index contributed by atoms with van der Waals surface area (Å²) in [5.74, 6) is 2.73.